The maximum absolute atomic E-state index is 13.7. The van der Waals surface area contributed by atoms with Crippen LogP contribution in [0.5, 0.6) is 0 Å². The smallest absolute Gasteiger partial charge is 0.416 e. The van der Waals surface area contributed by atoms with E-state index in [-0.39, 0.29) is 31.1 Å². The Morgan fingerprint density at radius 3 is 1.85 bits per heavy atom. The summed E-state index contributed by atoms with van der Waals surface area (Å²) in [6, 6.07) is 5.70. The van der Waals surface area contributed by atoms with E-state index in [0.29, 0.717) is 30.5 Å². The van der Waals surface area contributed by atoms with Gasteiger partial charge in [-0.05, 0) is 82.0 Å². The second-order valence-electron chi connectivity index (χ2n) is 11.5. The lowest BCUT2D eigenvalue weighted by Crippen LogP contribution is -2.48. The molecule has 226 valence electrons. The SMILES string of the molecule is C[C@H](c1cc(C(F)(F)F)cc(C(F)(F)F)c1)N(C)C(=O)CC1(c2ccc(F)cc2)CCN(C(=O)OC(C)(C)C)CC1. The van der Waals surface area contributed by atoms with E-state index in [1.54, 1.807) is 20.8 Å². The number of rotatable bonds is 5. The van der Waals surface area contributed by atoms with Gasteiger partial charge in [-0.25, -0.2) is 9.18 Å². The number of halogens is 7. The third-order valence-corrected chi connectivity index (χ3v) is 7.39. The predicted octanol–water partition coefficient (Wildman–Crippen LogP) is 7.74. The lowest BCUT2D eigenvalue weighted by Gasteiger charge is -2.43. The number of amides is 2. The number of alkyl halides is 6. The average Bonchev–Trinajstić information content (AvgIpc) is 2.86. The van der Waals surface area contributed by atoms with Crippen molar-refractivity contribution in [3.63, 3.8) is 0 Å². The summed E-state index contributed by atoms with van der Waals surface area (Å²) in [6.45, 7) is 6.99. The molecule has 0 aromatic heterocycles. The van der Waals surface area contributed by atoms with E-state index in [1.165, 1.54) is 43.1 Å². The van der Waals surface area contributed by atoms with Crippen LogP contribution in [0.2, 0.25) is 0 Å². The highest BCUT2D eigenvalue weighted by atomic mass is 19.4. The first-order chi connectivity index (χ1) is 18.7. The molecule has 0 spiro atoms. The van der Waals surface area contributed by atoms with E-state index in [4.69, 9.17) is 4.74 Å². The van der Waals surface area contributed by atoms with E-state index in [0.717, 1.165) is 4.90 Å². The molecule has 1 atom stereocenters. The summed E-state index contributed by atoms with van der Waals surface area (Å²) in [4.78, 5) is 28.8. The Kier molecular flexibility index (Phi) is 9.05. The van der Waals surface area contributed by atoms with Crippen LogP contribution in [-0.4, -0.2) is 47.5 Å². The molecule has 1 heterocycles. The van der Waals surface area contributed by atoms with Crippen LogP contribution >= 0.6 is 0 Å². The predicted molar refractivity (Wildman–Crippen MR) is 137 cm³/mol. The largest absolute Gasteiger partial charge is 0.444 e. The van der Waals surface area contributed by atoms with E-state index < -0.39 is 58.4 Å². The first kappa shape index (κ1) is 32.2. The molecular weight excluding hydrogens is 557 g/mol. The fourth-order valence-corrected chi connectivity index (χ4v) is 4.89. The fraction of sp³-hybridized carbons (Fsp3) is 0.517. The summed E-state index contributed by atoms with van der Waals surface area (Å²) in [5.41, 5.74) is -4.19. The minimum Gasteiger partial charge on any atom is -0.444 e. The number of hydrogen-bond donors (Lipinski definition) is 0. The summed E-state index contributed by atoms with van der Waals surface area (Å²) in [7, 11) is 1.31. The maximum Gasteiger partial charge on any atom is 0.416 e. The van der Waals surface area contributed by atoms with Crippen molar-refractivity contribution in [2.45, 2.75) is 76.4 Å². The molecule has 12 heteroatoms. The summed E-state index contributed by atoms with van der Waals surface area (Å²) in [5.74, 6) is -1.02. The first-order valence-electron chi connectivity index (χ1n) is 13.0. The van der Waals surface area contributed by atoms with E-state index >= 15 is 0 Å². The van der Waals surface area contributed by atoms with Crippen molar-refractivity contribution in [1.29, 1.82) is 0 Å². The molecule has 5 nitrogen and oxygen atoms in total. The molecule has 0 bridgehead atoms. The Labute approximate surface area is 234 Å². The van der Waals surface area contributed by atoms with Gasteiger partial charge in [0, 0.05) is 32.0 Å². The van der Waals surface area contributed by atoms with Crippen molar-refractivity contribution in [3.05, 3.63) is 70.5 Å². The van der Waals surface area contributed by atoms with Crippen LogP contribution < -0.4 is 0 Å². The molecule has 0 unspecified atom stereocenters. The molecule has 2 aromatic carbocycles. The Morgan fingerprint density at radius 2 is 1.41 bits per heavy atom. The number of likely N-dealkylation sites (tertiary alicyclic amines) is 1. The van der Waals surface area contributed by atoms with E-state index in [1.807, 2.05) is 0 Å². The van der Waals surface area contributed by atoms with E-state index in [9.17, 15) is 40.3 Å². The van der Waals surface area contributed by atoms with Gasteiger partial charge in [0.2, 0.25) is 5.91 Å². The molecular formula is C29H33F7N2O3. The van der Waals surface area contributed by atoms with Crippen LogP contribution in [0, 0.1) is 5.82 Å². The van der Waals surface area contributed by atoms with Crippen molar-refractivity contribution in [1.82, 2.24) is 9.80 Å². The number of benzene rings is 2. The average molecular weight is 591 g/mol. The monoisotopic (exact) mass is 590 g/mol. The van der Waals surface area contributed by atoms with Gasteiger partial charge in [0.25, 0.3) is 0 Å². The molecule has 0 saturated carbocycles. The lowest BCUT2D eigenvalue weighted by atomic mass is 9.70. The number of carbonyl (C=O) groups is 2. The number of piperidine rings is 1. The highest BCUT2D eigenvalue weighted by Crippen LogP contribution is 2.41. The van der Waals surface area contributed by atoms with Gasteiger partial charge >= 0.3 is 18.4 Å². The maximum atomic E-state index is 13.7. The van der Waals surface area contributed by atoms with Gasteiger partial charge in [0.05, 0.1) is 17.2 Å². The van der Waals surface area contributed by atoms with Gasteiger partial charge in [-0.3, -0.25) is 4.79 Å². The zero-order chi connectivity index (χ0) is 31.0. The van der Waals surface area contributed by atoms with Gasteiger partial charge in [0.1, 0.15) is 11.4 Å². The molecule has 1 saturated heterocycles. The third-order valence-electron chi connectivity index (χ3n) is 7.39. The molecule has 1 aliphatic heterocycles. The highest BCUT2D eigenvalue weighted by molar-refractivity contribution is 5.78. The summed E-state index contributed by atoms with van der Waals surface area (Å²) in [5, 5.41) is 0. The molecule has 0 N–H and O–H groups in total. The molecule has 1 fully saturated rings. The van der Waals surface area contributed by atoms with Crippen LogP contribution in [0.4, 0.5) is 35.5 Å². The molecule has 1 aliphatic rings. The van der Waals surface area contributed by atoms with Crippen molar-refractivity contribution in [2.24, 2.45) is 0 Å². The zero-order valence-corrected chi connectivity index (χ0v) is 23.4. The molecule has 41 heavy (non-hydrogen) atoms. The van der Waals surface area contributed by atoms with Crippen molar-refractivity contribution >= 4 is 12.0 Å². The second kappa shape index (κ2) is 11.5. The summed E-state index contributed by atoms with van der Waals surface area (Å²) < 4.78 is 99.6. The van der Waals surface area contributed by atoms with Gasteiger partial charge in [-0.2, -0.15) is 26.3 Å². The quantitative estimate of drug-likeness (QED) is 0.335. The Balaban J connectivity index is 1.89. The van der Waals surface area contributed by atoms with Gasteiger partial charge in [0.15, 0.2) is 0 Å². The number of nitrogens with zero attached hydrogens (tertiary/aromatic N) is 2. The number of hydrogen-bond acceptors (Lipinski definition) is 3. The fourth-order valence-electron chi connectivity index (χ4n) is 4.89. The first-order valence-corrected chi connectivity index (χ1v) is 13.0. The zero-order valence-electron chi connectivity index (χ0n) is 23.4. The summed E-state index contributed by atoms with van der Waals surface area (Å²) >= 11 is 0. The van der Waals surface area contributed by atoms with Gasteiger partial charge < -0.3 is 14.5 Å². The van der Waals surface area contributed by atoms with Crippen LogP contribution in [0.1, 0.15) is 75.3 Å². The third kappa shape index (κ3) is 7.91. The van der Waals surface area contributed by atoms with Crippen LogP contribution in [0.15, 0.2) is 42.5 Å². The van der Waals surface area contributed by atoms with Crippen LogP contribution in [0.25, 0.3) is 0 Å². The number of ether oxygens (including phenoxy) is 1. The Bertz CT molecular complexity index is 1210. The Hall–Kier alpha value is -3.31. The minimum absolute atomic E-state index is 0.0417. The van der Waals surface area contributed by atoms with Crippen LogP contribution in [-0.2, 0) is 27.3 Å². The van der Waals surface area contributed by atoms with Gasteiger partial charge in [-0.15, -0.1) is 0 Å². The van der Waals surface area contributed by atoms with E-state index in [2.05, 4.69) is 0 Å². The molecule has 3 rings (SSSR count). The van der Waals surface area contributed by atoms with Crippen molar-refractivity contribution < 1.29 is 45.1 Å². The standard InChI is InChI=1S/C29H33F7N2O3/c1-18(19-14-21(28(31,32)33)16-22(15-19)29(34,35)36)37(5)24(39)17-27(20-6-8-23(30)9-7-20)10-12-38(13-11-27)25(40)41-26(2,3)4/h6-9,14-16,18H,10-13,17H2,1-5H3/t18-/m1/s1. The molecule has 0 radical (unpaired) electrons. The molecule has 0 aliphatic carbocycles. The topological polar surface area (TPSA) is 49.9 Å². The Morgan fingerprint density at radius 1 is 0.927 bits per heavy atom. The molecule has 2 amide bonds. The second-order valence-corrected chi connectivity index (χ2v) is 11.5. The highest BCUT2D eigenvalue weighted by Gasteiger charge is 2.42. The van der Waals surface area contributed by atoms with Gasteiger partial charge in [-0.1, -0.05) is 12.1 Å². The lowest BCUT2D eigenvalue weighted by molar-refractivity contribution is -0.143. The van der Waals surface area contributed by atoms with Crippen molar-refractivity contribution in [2.75, 3.05) is 20.1 Å². The number of carbonyl (C=O) groups excluding carboxylic acids is 2. The molecule has 2 aromatic rings. The van der Waals surface area contributed by atoms with Crippen molar-refractivity contribution in [3.8, 4) is 0 Å². The summed E-state index contributed by atoms with van der Waals surface area (Å²) in [6.07, 6.45) is -10.1. The van der Waals surface area contributed by atoms with Crippen LogP contribution in [0.3, 0.4) is 0 Å². The normalized spacial score (nSPS) is 16.7. The minimum atomic E-state index is -5.02.